The monoisotopic (exact) mass is 382 g/mol. The Morgan fingerprint density at radius 1 is 1.11 bits per heavy atom. The Balaban J connectivity index is 1.50. The molecular formula is C23H27FN2O2. The van der Waals surface area contributed by atoms with Crippen LogP contribution in [0.3, 0.4) is 0 Å². The van der Waals surface area contributed by atoms with E-state index in [1.165, 1.54) is 17.7 Å². The van der Waals surface area contributed by atoms with Gasteiger partial charge in [0.15, 0.2) is 0 Å². The average molecular weight is 382 g/mol. The molecule has 1 heterocycles. The smallest absolute Gasteiger partial charge is 0.230 e. The molecule has 4 rings (SSSR count). The van der Waals surface area contributed by atoms with E-state index in [4.69, 9.17) is 4.74 Å². The summed E-state index contributed by atoms with van der Waals surface area (Å²) >= 11 is 0. The molecular weight excluding hydrogens is 355 g/mol. The van der Waals surface area contributed by atoms with Gasteiger partial charge in [-0.15, -0.1) is 0 Å². The fourth-order valence-corrected chi connectivity index (χ4v) is 4.34. The van der Waals surface area contributed by atoms with Gasteiger partial charge in [-0.2, -0.15) is 0 Å². The standard InChI is InChI=1S/C23H27FN2O2/c24-20-9-4-8-19(16-20)23(10-5-11-23)22(27)25-17-21(18-6-2-1-3-7-18)26-12-14-28-15-13-26/h1-4,6-9,16,21H,5,10-15,17H2,(H,25,27). The number of nitrogens with zero attached hydrogens (tertiary/aromatic N) is 1. The Morgan fingerprint density at radius 3 is 2.50 bits per heavy atom. The second kappa shape index (κ2) is 8.41. The van der Waals surface area contributed by atoms with Gasteiger partial charge in [-0.1, -0.05) is 48.9 Å². The van der Waals surface area contributed by atoms with Crippen LogP contribution in [0.25, 0.3) is 0 Å². The summed E-state index contributed by atoms with van der Waals surface area (Å²) in [6, 6.07) is 16.9. The highest BCUT2D eigenvalue weighted by Crippen LogP contribution is 2.44. The molecule has 1 unspecified atom stereocenters. The molecule has 1 aliphatic carbocycles. The molecule has 2 aliphatic rings. The van der Waals surface area contributed by atoms with Crippen LogP contribution in [0.15, 0.2) is 54.6 Å². The van der Waals surface area contributed by atoms with Crippen LogP contribution in [0.2, 0.25) is 0 Å². The molecule has 4 nitrogen and oxygen atoms in total. The van der Waals surface area contributed by atoms with Gasteiger partial charge in [-0.05, 0) is 36.1 Å². The van der Waals surface area contributed by atoms with E-state index in [1.54, 1.807) is 6.07 Å². The molecule has 28 heavy (non-hydrogen) atoms. The summed E-state index contributed by atoms with van der Waals surface area (Å²) in [5, 5.41) is 3.20. The third-order valence-corrected chi connectivity index (χ3v) is 6.15. The summed E-state index contributed by atoms with van der Waals surface area (Å²) in [6.45, 7) is 3.67. The first-order valence-electron chi connectivity index (χ1n) is 10.1. The maximum atomic E-state index is 13.7. The molecule has 2 aromatic carbocycles. The fraction of sp³-hybridized carbons (Fsp3) is 0.435. The lowest BCUT2D eigenvalue weighted by Crippen LogP contribution is -2.51. The van der Waals surface area contributed by atoms with Gasteiger partial charge in [0.1, 0.15) is 5.82 Å². The van der Waals surface area contributed by atoms with Crippen molar-refractivity contribution in [2.24, 2.45) is 0 Å². The molecule has 2 fully saturated rings. The summed E-state index contributed by atoms with van der Waals surface area (Å²) in [5.74, 6) is -0.273. The van der Waals surface area contributed by atoms with Crippen molar-refractivity contribution in [3.05, 3.63) is 71.5 Å². The van der Waals surface area contributed by atoms with E-state index >= 15 is 0 Å². The minimum atomic E-state index is -0.589. The van der Waals surface area contributed by atoms with Gasteiger partial charge in [0.2, 0.25) is 5.91 Å². The number of carbonyl (C=O) groups is 1. The van der Waals surface area contributed by atoms with E-state index in [0.29, 0.717) is 19.8 Å². The third kappa shape index (κ3) is 3.82. The van der Waals surface area contributed by atoms with Gasteiger partial charge >= 0.3 is 0 Å². The van der Waals surface area contributed by atoms with E-state index in [1.807, 2.05) is 24.3 Å². The Hall–Kier alpha value is -2.24. The molecule has 1 N–H and O–H groups in total. The van der Waals surface area contributed by atoms with Crippen LogP contribution in [-0.4, -0.2) is 43.7 Å². The number of hydrogen-bond acceptors (Lipinski definition) is 3. The van der Waals surface area contributed by atoms with Crippen molar-refractivity contribution in [2.45, 2.75) is 30.7 Å². The zero-order valence-electron chi connectivity index (χ0n) is 16.1. The highest BCUT2D eigenvalue weighted by molar-refractivity contribution is 5.89. The van der Waals surface area contributed by atoms with E-state index in [0.717, 1.165) is 37.9 Å². The van der Waals surface area contributed by atoms with Crippen LogP contribution in [0.4, 0.5) is 4.39 Å². The normalized spacial score (nSPS) is 20.2. The molecule has 1 saturated carbocycles. The van der Waals surface area contributed by atoms with Crippen LogP contribution in [0, 0.1) is 5.82 Å². The van der Waals surface area contributed by atoms with Crippen LogP contribution in [-0.2, 0) is 14.9 Å². The highest BCUT2D eigenvalue weighted by Gasteiger charge is 2.45. The highest BCUT2D eigenvalue weighted by atomic mass is 19.1. The molecule has 0 spiro atoms. The van der Waals surface area contributed by atoms with Crippen molar-refractivity contribution in [3.63, 3.8) is 0 Å². The SMILES string of the molecule is O=C(NCC(c1ccccc1)N1CCOCC1)C1(c2cccc(F)c2)CCC1. The van der Waals surface area contributed by atoms with E-state index in [-0.39, 0.29) is 17.8 Å². The minimum absolute atomic E-state index is 0.0125. The molecule has 0 aromatic heterocycles. The van der Waals surface area contributed by atoms with Crippen LogP contribution < -0.4 is 5.32 Å². The third-order valence-electron chi connectivity index (χ3n) is 6.15. The topological polar surface area (TPSA) is 41.6 Å². The van der Waals surface area contributed by atoms with Crippen molar-refractivity contribution in [1.29, 1.82) is 0 Å². The van der Waals surface area contributed by atoms with Crippen molar-refractivity contribution in [3.8, 4) is 0 Å². The number of nitrogens with one attached hydrogen (secondary N) is 1. The molecule has 2 aromatic rings. The summed E-state index contributed by atoms with van der Waals surface area (Å²) in [5.41, 5.74) is 1.39. The molecule has 1 aliphatic heterocycles. The number of benzene rings is 2. The fourth-order valence-electron chi connectivity index (χ4n) is 4.34. The molecule has 0 bridgehead atoms. The lowest BCUT2D eigenvalue weighted by Gasteiger charge is -2.42. The number of halogens is 1. The first kappa shape index (κ1) is 19.1. The van der Waals surface area contributed by atoms with Gasteiger partial charge in [0, 0.05) is 19.6 Å². The minimum Gasteiger partial charge on any atom is -0.379 e. The molecule has 0 radical (unpaired) electrons. The number of ether oxygens (including phenoxy) is 1. The first-order valence-corrected chi connectivity index (χ1v) is 10.1. The Bertz CT molecular complexity index is 801. The van der Waals surface area contributed by atoms with Gasteiger partial charge in [-0.3, -0.25) is 9.69 Å². The summed E-state index contributed by atoms with van der Waals surface area (Å²) in [7, 11) is 0. The van der Waals surface area contributed by atoms with Crippen molar-refractivity contribution < 1.29 is 13.9 Å². The van der Waals surface area contributed by atoms with E-state index in [9.17, 15) is 9.18 Å². The van der Waals surface area contributed by atoms with Crippen molar-refractivity contribution >= 4 is 5.91 Å². The number of hydrogen-bond donors (Lipinski definition) is 1. The summed E-state index contributed by atoms with van der Waals surface area (Å²) in [6.07, 6.45) is 2.54. The molecule has 1 saturated heterocycles. The quantitative estimate of drug-likeness (QED) is 0.832. The van der Waals surface area contributed by atoms with Crippen molar-refractivity contribution in [1.82, 2.24) is 10.2 Å². The predicted octanol–water partition coefficient (Wildman–Crippen LogP) is 3.44. The van der Waals surface area contributed by atoms with Crippen LogP contribution >= 0.6 is 0 Å². The van der Waals surface area contributed by atoms with E-state index in [2.05, 4.69) is 22.3 Å². The Kier molecular flexibility index (Phi) is 5.74. The van der Waals surface area contributed by atoms with Crippen LogP contribution in [0.5, 0.6) is 0 Å². The average Bonchev–Trinajstić information content (AvgIpc) is 2.69. The maximum Gasteiger partial charge on any atom is 0.230 e. The Morgan fingerprint density at radius 2 is 1.86 bits per heavy atom. The molecule has 5 heteroatoms. The first-order chi connectivity index (χ1) is 13.7. The zero-order chi connectivity index (χ0) is 19.4. The summed E-state index contributed by atoms with van der Waals surface area (Å²) in [4.78, 5) is 15.6. The number of amides is 1. The van der Waals surface area contributed by atoms with Crippen LogP contribution in [0.1, 0.15) is 36.4 Å². The molecule has 148 valence electrons. The predicted molar refractivity (Wildman–Crippen MR) is 107 cm³/mol. The van der Waals surface area contributed by atoms with Gasteiger partial charge in [-0.25, -0.2) is 4.39 Å². The number of rotatable bonds is 6. The van der Waals surface area contributed by atoms with Crippen molar-refractivity contribution in [2.75, 3.05) is 32.8 Å². The van der Waals surface area contributed by atoms with Gasteiger partial charge in [0.05, 0.1) is 24.7 Å². The summed E-state index contributed by atoms with van der Waals surface area (Å²) < 4.78 is 19.2. The lowest BCUT2D eigenvalue weighted by atomic mass is 9.63. The molecule has 1 amide bonds. The van der Waals surface area contributed by atoms with E-state index < -0.39 is 5.41 Å². The number of carbonyl (C=O) groups excluding carboxylic acids is 1. The second-order valence-electron chi connectivity index (χ2n) is 7.73. The lowest BCUT2D eigenvalue weighted by molar-refractivity contribution is -0.130. The van der Waals surface area contributed by atoms with Gasteiger partial charge in [0.25, 0.3) is 0 Å². The molecule has 1 atom stereocenters. The maximum absolute atomic E-state index is 13.7. The van der Waals surface area contributed by atoms with Gasteiger partial charge < -0.3 is 10.1 Å². The number of morpholine rings is 1. The zero-order valence-corrected chi connectivity index (χ0v) is 16.1. The second-order valence-corrected chi connectivity index (χ2v) is 7.73. The largest absolute Gasteiger partial charge is 0.379 e. The Labute approximate surface area is 165 Å².